The highest BCUT2D eigenvalue weighted by atomic mass is 16.7. The number of hydrogen-bond donors (Lipinski definition) is 2. The molecule has 1 aliphatic heterocycles. The average molecular weight is 427 g/mol. The van der Waals surface area contributed by atoms with E-state index in [1.165, 1.54) is 0 Å². The number of ether oxygens (including phenoxy) is 2. The van der Waals surface area contributed by atoms with Gasteiger partial charge in [-0.2, -0.15) is 0 Å². The second kappa shape index (κ2) is 8.47. The molecule has 0 atom stereocenters. The summed E-state index contributed by atoms with van der Waals surface area (Å²) in [6, 6.07) is 24.0. The first-order valence-corrected chi connectivity index (χ1v) is 10.3. The first-order chi connectivity index (χ1) is 15.7. The predicted molar refractivity (Wildman–Crippen MR) is 122 cm³/mol. The molecule has 5 rings (SSSR count). The summed E-state index contributed by atoms with van der Waals surface area (Å²) in [7, 11) is 0. The lowest BCUT2D eigenvalue weighted by Gasteiger charge is -2.23. The fourth-order valence-electron chi connectivity index (χ4n) is 3.69. The average Bonchev–Trinajstić information content (AvgIpc) is 3.26. The van der Waals surface area contributed by atoms with E-state index in [0.717, 1.165) is 10.9 Å². The molecule has 1 aliphatic rings. The highest BCUT2D eigenvalue weighted by molar-refractivity contribution is 5.89. The van der Waals surface area contributed by atoms with Crippen LogP contribution in [0.25, 0.3) is 10.9 Å². The van der Waals surface area contributed by atoms with Crippen LogP contribution in [0.4, 0.5) is 10.5 Å². The molecule has 7 heteroatoms. The molecule has 160 valence electrons. The molecule has 2 N–H and O–H groups in total. The van der Waals surface area contributed by atoms with Gasteiger partial charge < -0.3 is 24.7 Å². The lowest BCUT2D eigenvalue weighted by Crippen LogP contribution is -2.35. The summed E-state index contributed by atoms with van der Waals surface area (Å²) in [5.74, 6) is 1.24. The largest absolute Gasteiger partial charge is 0.454 e. The molecule has 2 amide bonds. The molecule has 3 aromatic carbocycles. The third-order valence-corrected chi connectivity index (χ3v) is 5.30. The number of amides is 2. The molecule has 0 saturated carbocycles. The molecule has 0 spiro atoms. The summed E-state index contributed by atoms with van der Waals surface area (Å²) in [5, 5.41) is 3.72. The number of benzene rings is 3. The van der Waals surface area contributed by atoms with Crippen molar-refractivity contribution in [1.82, 2.24) is 9.88 Å². The summed E-state index contributed by atoms with van der Waals surface area (Å²) >= 11 is 0. The SMILES string of the molecule is O=C(Nc1ccccc1)N(Cc1ccccc1)Cc1cc2cc3c(cc2[nH]c1=O)OCO3. The Hall–Kier alpha value is -4.26. The van der Waals surface area contributed by atoms with Gasteiger partial charge in [0.05, 0.1) is 12.1 Å². The number of nitrogens with zero attached hydrogens (tertiary/aromatic N) is 1. The Morgan fingerprint density at radius 3 is 2.34 bits per heavy atom. The highest BCUT2D eigenvalue weighted by Crippen LogP contribution is 2.35. The first-order valence-electron chi connectivity index (χ1n) is 10.3. The number of fused-ring (bicyclic) bond motifs is 2. The van der Waals surface area contributed by atoms with Gasteiger partial charge in [-0.1, -0.05) is 48.5 Å². The number of para-hydroxylation sites is 1. The monoisotopic (exact) mass is 427 g/mol. The summed E-state index contributed by atoms with van der Waals surface area (Å²) in [6.45, 7) is 0.665. The molecule has 0 radical (unpaired) electrons. The number of H-pyrrole nitrogens is 1. The van der Waals surface area contributed by atoms with E-state index in [1.54, 1.807) is 17.0 Å². The van der Waals surface area contributed by atoms with Gasteiger partial charge in [0.25, 0.3) is 5.56 Å². The molecule has 1 aromatic heterocycles. The number of pyridine rings is 1. The minimum absolute atomic E-state index is 0.146. The lowest BCUT2D eigenvalue weighted by atomic mass is 10.1. The van der Waals surface area contributed by atoms with Crippen molar-refractivity contribution in [2.45, 2.75) is 13.1 Å². The number of urea groups is 1. The van der Waals surface area contributed by atoms with Gasteiger partial charge in [0.2, 0.25) is 6.79 Å². The number of carbonyl (C=O) groups excluding carboxylic acids is 1. The van der Waals surface area contributed by atoms with E-state index in [1.807, 2.05) is 66.7 Å². The number of aromatic amines is 1. The van der Waals surface area contributed by atoms with Crippen LogP contribution in [0.2, 0.25) is 0 Å². The Labute approximate surface area is 184 Å². The smallest absolute Gasteiger partial charge is 0.322 e. The number of nitrogens with one attached hydrogen (secondary N) is 2. The van der Waals surface area contributed by atoms with Gasteiger partial charge in [0.15, 0.2) is 11.5 Å². The number of anilines is 1. The quantitative estimate of drug-likeness (QED) is 0.492. The van der Waals surface area contributed by atoms with Gasteiger partial charge in [-0.25, -0.2) is 4.79 Å². The number of hydrogen-bond acceptors (Lipinski definition) is 4. The van der Waals surface area contributed by atoms with Crippen molar-refractivity contribution in [3.63, 3.8) is 0 Å². The molecule has 0 bridgehead atoms. The number of carbonyl (C=O) groups is 1. The Morgan fingerprint density at radius 2 is 1.59 bits per heavy atom. The van der Waals surface area contributed by atoms with Crippen LogP contribution in [0.3, 0.4) is 0 Å². The van der Waals surface area contributed by atoms with Crippen LogP contribution in [-0.4, -0.2) is 22.7 Å². The van der Waals surface area contributed by atoms with Gasteiger partial charge in [-0.05, 0) is 29.8 Å². The van der Waals surface area contributed by atoms with Crippen LogP contribution >= 0.6 is 0 Å². The second-order valence-electron chi connectivity index (χ2n) is 7.55. The summed E-state index contributed by atoms with van der Waals surface area (Å²) in [6.07, 6.45) is 0. The third kappa shape index (κ3) is 4.13. The second-order valence-corrected chi connectivity index (χ2v) is 7.55. The number of aromatic nitrogens is 1. The zero-order valence-electron chi connectivity index (χ0n) is 17.2. The zero-order valence-corrected chi connectivity index (χ0v) is 17.2. The van der Waals surface area contributed by atoms with Gasteiger partial charge >= 0.3 is 6.03 Å². The van der Waals surface area contributed by atoms with E-state index in [2.05, 4.69) is 10.3 Å². The van der Waals surface area contributed by atoms with Crippen LogP contribution in [0.5, 0.6) is 11.5 Å². The lowest BCUT2D eigenvalue weighted by molar-refractivity contribution is 0.174. The summed E-state index contributed by atoms with van der Waals surface area (Å²) in [5.41, 5.74) is 2.55. The molecule has 0 aliphatic carbocycles. The van der Waals surface area contributed by atoms with Crippen molar-refractivity contribution < 1.29 is 14.3 Å². The Kier molecular flexibility index (Phi) is 5.21. The molecule has 7 nitrogen and oxygen atoms in total. The molecule has 4 aromatic rings. The number of rotatable bonds is 5. The Bertz CT molecular complexity index is 1320. The Balaban J connectivity index is 1.46. The molecule has 0 saturated heterocycles. The van der Waals surface area contributed by atoms with E-state index in [4.69, 9.17) is 9.47 Å². The van der Waals surface area contributed by atoms with E-state index in [9.17, 15) is 9.59 Å². The maximum atomic E-state index is 13.1. The molecular weight excluding hydrogens is 406 g/mol. The van der Waals surface area contributed by atoms with Crippen LogP contribution < -0.4 is 20.3 Å². The minimum Gasteiger partial charge on any atom is -0.454 e. The Morgan fingerprint density at radius 1 is 0.906 bits per heavy atom. The minimum atomic E-state index is -0.287. The van der Waals surface area contributed by atoms with Crippen LogP contribution in [0, 0.1) is 0 Å². The maximum Gasteiger partial charge on any atom is 0.322 e. The van der Waals surface area contributed by atoms with E-state index >= 15 is 0 Å². The van der Waals surface area contributed by atoms with Gasteiger partial charge in [0, 0.05) is 29.2 Å². The zero-order chi connectivity index (χ0) is 21.9. The third-order valence-electron chi connectivity index (χ3n) is 5.30. The normalized spacial score (nSPS) is 12.0. The molecule has 0 unspecified atom stereocenters. The fraction of sp³-hybridized carbons (Fsp3) is 0.120. The van der Waals surface area contributed by atoms with Crippen molar-refractivity contribution in [3.05, 3.63) is 100 Å². The first kappa shape index (κ1) is 19.7. The molecule has 0 fully saturated rings. The van der Waals surface area contributed by atoms with Crippen molar-refractivity contribution >= 4 is 22.6 Å². The summed E-state index contributed by atoms with van der Waals surface area (Å²) in [4.78, 5) is 30.4. The standard InChI is InChI=1S/C25H21N3O4/c29-24-19(11-18-12-22-23(32-16-31-22)13-21(18)27-24)15-28(14-17-7-3-1-4-8-17)25(30)26-20-9-5-2-6-10-20/h1-13H,14-16H2,(H,26,30)(H,27,29). The topological polar surface area (TPSA) is 83.7 Å². The molecule has 2 heterocycles. The van der Waals surface area contributed by atoms with Crippen molar-refractivity contribution in [2.75, 3.05) is 12.1 Å². The van der Waals surface area contributed by atoms with Gasteiger partial charge in [0.1, 0.15) is 0 Å². The van der Waals surface area contributed by atoms with E-state index < -0.39 is 0 Å². The molecular formula is C25H21N3O4. The predicted octanol–water partition coefficient (Wildman–Crippen LogP) is 4.49. The van der Waals surface area contributed by atoms with Crippen molar-refractivity contribution in [2.24, 2.45) is 0 Å². The maximum absolute atomic E-state index is 13.1. The van der Waals surface area contributed by atoms with Crippen molar-refractivity contribution in [1.29, 1.82) is 0 Å². The van der Waals surface area contributed by atoms with Crippen molar-refractivity contribution in [3.8, 4) is 11.5 Å². The van der Waals surface area contributed by atoms with Crippen LogP contribution in [0.15, 0.2) is 83.7 Å². The summed E-state index contributed by atoms with van der Waals surface area (Å²) < 4.78 is 10.8. The fourth-order valence-corrected chi connectivity index (χ4v) is 3.69. The van der Waals surface area contributed by atoms with Gasteiger partial charge in [-0.3, -0.25) is 4.79 Å². The van der Waals surface area contributed by atoms with Crippen LogP contribution in [-0.2, 0) is 13.1 Å². The van der Waals surface area contributed by atoms with Crippen LogP contribution in [0.1, 0.15) is 11.1 Å². The molecule has 32 heavy (non-hydrogen) atoms. The highest BCUT2D eigenvalue weighted by Gasteiger charge is 2.19. The van der Waals surface area contributed by atoms with Gasteiger partial charge in [-0.15, -0.1) is 0 Å². The van der Waals surface area contributed by atoms with E-state index in [-0.39, 0.29) is 24.9 Å². The van der Waals surface area contributed by atoms with E-state index in [0.29, 0.717) is 34.8 Å².